The van der Waals surface area contributed by atoms with Gasteiger partial charge in [0.05, 0.1) is 0 Å². The number of nitrogens with zero attached hydrogens (tertiary/aromatic N) is 3. The van der Waals surface area contributed by atoms with Crippen LogP contribution in [0.25, 0.3) is 0 Å². The summed E-state index contributed by atoms with van der Waals surface area (Å²) < 4.78 is 0.296. The molecule has 1 aromatic heterocycles. The average molecular weight is 237 g/mol. The van der Waals surface area contributed by atoms with E-state index in [0.717, 1.165) is 0 Å². The van der Waals surface area contributed by atoms with Gasteiger partial charge < -0.3 is 10.2 Å². The Hall–Kier alpha value is -0.500. The highest BCUT2D eigenvalue weighted by atomic mass is 79.9. The first-order valence-corrected chi connectivity index (χ1v) is 3.97. The van der Waals surface area contributed by atoms with Crippen molar-refractivity contribution in [1.82, 2.24) is 20.3 Å². The lowest BCUT2D eigenvalue weighted by Crippen LogP contribution is -2.40. The summed E-state index contributed by atoms with van der Waals surface area (Å²) in [6, 6.07) is 0. The SMILES string of the molecule is CNC(O)(O)c1nn(C)nc1Br. The summed E-state index contributed by atoms with van der Waals surface area (Å²) in [5.74, 6) is -2.15. The van der Waals surface area contributed by atoms with Crippen molar-refractivity contribution < 1.29 is 10.2 Å². The van der Waals surface area contributed by atoms with E-state index < -0.39 is 5.91 Å². The molecule has 0 aromatic carbocycles. The summed E-state index contributed by atoms with van der Waals surface area (Å²) >= 11 is 3.04. The molecule has 1 rings (SSSR count). The average Bonchev–Trinajstić information content (AvgIpc) is 2.31. The van der Waals surface area contributed by atoms with Gasteiger partial charge in [0, 0.05) is 7.05 Å². The highest BCUT2D eigenvalue weighted by Crippen LogP contribution is 2.19. The molecule has 0 amide bonds. The number of hydrogen-bond acceptors (Lipinski definition) is 5. The molecule has 1 heterocycles. The van der Waals surface area contributed by atoms with Crippen LogP contribution in [0.5, 0.6) is 0 Å². The second kappa shape index (κ2) is 3.09. The first-order valence-electron chi connectivity index (χ1n) is 3.18. The number of rotatable bonds is 2. The molecular weight excluding hydrogens is 228 g/mol. The minimum absolute atomic E-state index is 0.0347. The molecule has 0 aliphatic carbocycles. The van der Waals surface area contributed by atoms with Crippen molar-refractivity contribution in [2.75, 3.05) is 7.05 Å². The highest BCUT2D eigenvalue weighted by molar-refractivity contribution is 9.10. The summed E-state index contributed by atoms with van der Waals surface area (Å²) in [6.45, 7) is 0. The fourth-order valence-electron chi connectivity index (χ4n) is 0.715. The van der Waals surface area contributed by atoms with E-state index in [0.29, 0.717) is 4.60 Å². The second-order valence-corrected chi connectivity index (χ2v) is 3.00. The van der Waals surface area contributed by atoms with Crippen LogP contribution in [0.1, 0.15) is 5.69 Å². The van der Waals surface area contributed by atoms with E-state index in [2.05, 4.69) is 31.4 Å². The van der Waals surface area contributed by atoms with Crippen molar-refractivity contribution in [3.63, 3.8) is 0 Å². The van der Waals surface area contributed by atoms with E-state index >= 15 is 0 Å². The highest BCUT2D eigenvalue weighted by Gasteiger charge is 2.30. The van der Waals surface area contributed by atoms with Gasteiger partial charge in [-0.15, -0.1) is 5.10 Å². The lowest BCUT2D eigenvalue weighted by molar-refractivity contribution is -0.194. The van der Waals surface area contributed by atoms with Crippen LogP contribution in [0.3, 0.4) is 0 Å². The van der Waals surface area contributed by atoms with Crippen molar-refractivity contribution in [3.05, 3.63) is 10.3 Å². The van der Waals surface area contributed by atoms with Crippen molar-refractivity contribution in [1.29, 1.82) is 0 Å². The first-order chi connectivity index (χ1) is 5.47. The fourth-order valence-corrected chi connectivity index (χ4v) is 1.30. The Morgan fingerprint density at radius 2 is 2.08 bits per heavy atom. The smallest absolute Gasteiger partial charge is 0.272 e. The number of aromatic nitrogens is 3. The molecule has 0 fully saturated rings. The normalized spacial score (nSPS) is 12.1. The topological polar surface area (TPSA) is 83.2 Å². The molecule has 1 aromatic rings. The summed E-state index contributed by atoms with van der Waals surface area (Å²) in [7, 11) is 2.99. The van der Waals surface area contributed by atoms with E-state index in [9.17, 15) is 10.2 Å². The largest absolute Gasteiger partial charge is 0.348 e. The quantitative estimate of drug-likeness (QED) is 0.568. The number of halogens is 1. The fraction of sp³-hybridized carbons (Fsp3) is 0.600. The first kappa shape index (κ1) is 9.59. The van der Waals surface area contributed by atoms with E-state index in [1.165, 1.54) is 11.8 Å². The van der Waals surface area contributed by atoms with Gasteiger partial charge in [0.15, 0.2) is 10.3 Å². The molecule has 0 atom stereocenters. The Bertz CT molecular complexity index is 285. The maximum atomic E-state index is 9.29. The summed E-state index contributed by atoms with van der Waals surface area (Å²) in [5, 5.41) is 28.4. The van der Waals surface area contributed by atoms with E-state index in [1.807, 2.05) is 0 Å². The van der Waals surface area contributed by atoms with E-state index in [-0.39, 0.29) is 5.69 Å². The third-order valence-electron chi connectivity index (χ3n) is 1.35. The van der Waals surface area contributed by atoms with Gasteiger partial charge in [-0.3, -0.25) is 5.32 Å². The van der Waals surface area contributed by atoms with Gasteiger partial charge in [0.25, 0.3) is 5.91 Å². The number of aryl methyl sites for hydroxylation is 1. The minimum Gasteiger partial charge on any atom is -0.348 e. The van der Waals surface area contributed by atoms with Gasteiger partial charge >= 0.3 is 0 Å². The molecule has 7 heteroatoms. The van der Waals surface area contributed by atoms with Crippen molar-refractivity contribution >= 4 is 15.9 Å². The maximum absolute atomic E-state index is 9.29. The van der Waals surface area contributed by atoms with E-state index in [1.54, 1.807) is 7.05 Å². The number of nitrogens with one attached hydrogen (secondary N) is 1. The van der Waals surface area contributed by atoms with Crippen LogP contribution < -0.4 is 5.32 Å². The Kier molecular flexibility index (Phi) is 2.47. The monoisotopic (exact) mass is 236 g/mol. The van der Waals surface area contributed by atoms with Crippen molar-refractivity contribution in [2.24, 2.45) is 7.05 Å². The number of aliphatic hydroxyl groups is 2. The summed E-state index contributed by atoms with van der Waals surface area (Å²) in [4.78, 5) is 1.23. The lowest BCUT2D eigenvalue weighted by Gasteiger charge is -2.17. The Morgan fingerprint density at radius 1 is 1.50 bits per heavy atom. The Morgan fingerprint density at radius 3 is 2.42 bits per heavy atom. The summed E-state index contributed by atoms with van der Waals surface area (Å²) in [6.07, 6.45) is 0. The van der Waals surface area contributed by atoms with Crippen molar-refractivity contribution in [2.45, 2.75) is 5.91 Å². The van der Waals surface area contributed by atoms with Crippen LogP contribution in [0.2, 0.25) is 0 Å². The zero-order chi connectivity index (χ0) is 9.35. The second-order valence-electron chi connectivity index (χ2n) is 2.25. The third-order valence-corrected chi connectivity index (χ3v) is 1.89. The van der Waals surface area contributed by atoms with Gasteiger partial charge in [0.1, 0.15) is 0 Å². The molecule has 0 saturated carbocycles. The molecule has 3 N–H and O–H groups in total. The van der Waals surface area contributed by atoms with Crippen LogP contribution in [-0.4, -0.2) is 32.3 Å². The zero-order valence-electron chi connectivity index (χ0n) is 6.61. The molecule has 6 nitrogen and oxygen atoms in total. The molecule has 0 saturated heterocycles. The number of hydrogen-bond donors (Lipinski definition) is 3. The molecule has 68 valence electrons. The summed E-state index contributed by atoms with van der Waals surface area (Å²) in [5.41, 5.74) is 0.0347. The Balaban J connectivity index is 3.09. The van der Waals surface area contributed by atoms with Crippen LogP contribution in [-0.2, 0) is 13.0 Å². The lowest BCUT2D eigenvalue weighted by atomic mass is 10.4. The molecule has 0 unspecified atom stereocenters. The van der Waals surface area contributed by atoms with Gasteiger partial charge in [-0.05, 0) is 23.0 Å². The molecule has 0 bridgehead atoms. The molecule has 0 aliphatic heterocycles. The van der Waals surface area contributed by atoms with E-state index in [4.69, 9.17) is 0 Å². The molecular formula is C5H9BrN4O2. The molecule has 0 aliphatic rings. The molecule has 0 spiro atoms. The van der Waals surface area contributed by atoms with Crippen molar-refractivity contribution in [3.8, 4) is 0 Å². The standard InChI is InChI=1S/C5H9BrN4O2/c1-7-5(11,12)3-4(6)9-10(2)8-3/h7,11-12H,1-2H3. The van der Waals surface area contributed by atoms with Crippen LogP contribution in [0.4, 0.5) is 0 Å². The van der Waals surface area contributed by atoms with Gasteiger partial charge in [0.2, 0.25) is 0 Å². The van der Waals surface area contributed by atoms with Gasteiger partial charge in [-0.25, -0.2) is 0 Å². The minimum atomic E-state index is -2.15. The molecule has 12 heavy (non-hydrogen) atoms. The predicted octanol–water partition coefficient (Wildman–Crippen LogP) is -1.11. The van der Waals surface area contributed by atoms with Crippen LogP contribution >= 0.6 is 15.9 Å². The van der Waals surface area contributed by atoms with Crippen LogP contribution in [0, 0.1) is 0 Å². The van der Waals surface area contributed by atoms with Gasteiger partial charge in [-0.1, -0.05) is 0 Å². The maximum Gasteiger partial charge on any atom is 0.272 e. The predicted molar refractivity (Wildman–Crippen MR) is 43.9 cm³/mol. The van der Waals surface area contributed by atoms with Gasteiger partial charge in [-0.2, -0.15) is 9.90 Å². The zero-order valence-corrected chi connectivity index (χ0v) is 8.20. The van der Waals surface area contributed by atoms with Crippen LogP contribution in [0.15, 0.2) is 4.60 Å². The molecule has 0 radical (unpaired) electrons. The third kappa shape index (κ3) is 1.63. The Labute approximate surface area is 77.3 Å².